The molecule has 0 amide bonds. The largest absolute Gasteiger partial charge is 0.497 e. The van der Waals surface area contributed by atoms with Crippen LogP contribution in [0, 0.1) is 0 Å². The van der Waals surface area contributed by atoms with Gasteiger partial charge in [0, 0.05) is 11.6 Å². The van der Waals surface area contributed by atoms with Crippen LogP contribution < -0.4 is 4.74 Å². The van der Waals surface area contributed by atoms with Crippen LogP contribution in [0.25, 0.3) is 10.9 Å². The number of ether oxygens (including phenoxy) is 1. The number of aromatic nitrogens is 1. The molecule has 0 aliphatic carbocycles. The summed E-state index contributed by atoms with van der Waals surface area (Å²) in [6.45, 7) is 0. The standard InChI is InChI=1S/C11H8F3NO/c1-16-9-2-3-10-7(5-9)4-8(6-15-10)11(12,13)14/h2-6H,1H3. The monoisotopic (exact) mass is 227 g/mol. The van der Waals surface area contributed by atoms with Crippen molar-refractivity contribution < 1.29 is 17.9 Å². The molecule has 1 aromatic heterocycles. The minimum absolute atomic E-state index is 0.411. The Balaban J connectivity index is 2.59. The molecule has 0 bridgehead atoms. The molecule has 0 N–H and O–H groups in total. The number of benzene rings is 1. The molecule has 2 nitrogen and oxygen atoms in total. The van der Waals surface area contributed by atoms with Crippen molar-refractivity contribution in [2.45, 2.75) is 6.18 Å². The molecule has 0 aliphatic heterocycles. The Kier molecular flexibility index (Phi) is 2.46. The number of nitrogens with zero attached hydrogens (tertiary/aromatic N) is 1. The highest BCUT2D eigenvalue weighted by molar-refractivity contribution is 5.80. The Hall–Kier alpha value is -1.78. The fraction of sp³-hybridized carbons (Fsp3) is 0.182. The molecule has 0 atom stereocenters. The van der Waals surface area contributed by atoms with Gasteiger partial charge in [0.05, 0.1) is 18.2 Å². The van der Waals surface area contributed by atoms with Gasteiger partial charge in [-0.05, 0) is 24.3 Å². The van der Waals surface area contributed by atoms with E-state index in [-0.39, 0.29) is 0 Å². The van der Waals surface area contributed by atoms with Gasteiger partial charge in [-0.15, -0.1) is 0 Å². The minimum atomic E-state index is -4.37. The van der Waals surface area contributed by atoms with E-state index in [1.54, 1.807) is 12.1 Å². The highest BCUT2D eigenvalue weighted by Crippen LogP contribution is 2.31. The van der Waals surface area contributed by atoms with Crippen LogP contribution in [0.3, 0.4) is 0 Å². The fourth-order valence-corrected chi connectivity index (χ4v) is 1.39. The summed E-state index contributed by atoms with van der Waals surface area (Å²) < 4.78 is 42.2. The number of halogens is 3. The Morgan fingerprint density at radius 2 is 1.94 bits per heavy atom. The Labute approximate surface area is 89.7 Å². The fourth-order valence-electron chi connectivity index (χ4n) is 1.39. The number of methoxy groups -OCH3 is 1. The zero-order valence-electron chi connectivity index (χ0n) is 8.38. The van der Waals surface area contributed by atoms with Crippen molar-refractivity contribution in [3.63, 3.8) is 0 Å². The zero-order chi connectivity index (χ0) is 11.8. The van der Waals surface area contributed by atoms with E-state index in [0.29, 0.717) is 16.7 Å². The molecule has 0 saturated carbocycles. The molecule has 0 aliphatic rings. The van der Waals surface area contributed by atoms with Crippen molar-refractivity contribution in [3.05, 3.63) is 36.0 Å². The lowest BCUT2D eigenvalue weighted by atomic mass is 10.1. The summed E-state index contributed by atoms with van der Waals surface area (Å²) in [6, 6.07) is 5.86. The maximum Gasteiger partial charge on any atom is 0.417 e. The summed E-state index contributed by atoms with van der Waals surface area (Å²) in [6.07, 6.45) is -3.54. The third-order valence-electron chi connectivity index (χ3n) is 2.22. The number of fused-ring (bicyclic) bond motifs is 1. The molecule has 5 heteroatoms. The van der Waals surface area contributed by atoms with Crippen LogP contribution in [0.5, 0.6) is 5.75 Å². The summed E-state index contributed by atoms with van der Waals surface area (Å²) in [5.74, 6) is 0.508. The topological polar surface area (TPSA) is 22.1 Å². The molecule has 0 fully saturated rings. The lowest BCUT2D eigenvalue weighted by Gasteiger charge is -2.07. The number of pyridine rings is 1. The van der Waals surface area contributed by atoms with Crippen LogP contribution in [0.15, 0.2) is 30.5 Å². The minimum Gasteiger partial charge on any atom is -0.497 e. The highest BCUT2D eigenvalue weighted by Gasteiger charge is 2.30. The summed E-state index contributed by atoms with van der Waals surface area (Å²) in [4.78, 5) is 3.75. The summed E-state index contributed by atoms with van der Waals surface area (Å²) in [7, 11) is 1.46. The van der Waals surface area contributed by atoms with Gasteiger partial charge in [0.1, 0.15) is 5.75 Å². The van der Waals surface area contributed by atoms with Crippen LogP contribution in [-0.4, -0.2) is 12.1 Å². The van der Waals surface area contributed by atoms with Gasteiger partial charge in [-0.3, -0.25) is 4.98 Å². The maximum atomic E-state index is 12.4. The van der Waals surface area contributed by atoms with E-state index in [2.05, 4.69) is 4.98 Å². The van der Waals surface area contributed by atoms with E-state index >= 15 is 0 Å². The van der Waals surface area contributed by atoms with Crippen LogP contribution in [-0.2, 0) is 6.18 Å². The van der Waals surface area contributed by atoms with E-state index in [1.165, 1.54) is 13.2 Å². The van der Waals surface area contributed by atoms with Crippen LogP contribution in [0.1, 0.15) is 5.56 Å². The molecular formula is C11H8F3NO. The molecular weight excluding hydrogens is 219 g/mol. The smallest absolute Gasteiger partial charge is 0.417 e. The molecule has 1 aromatic carbocycles. The van der Waals surface area contributed by atoms with Crippen molar-refractivity contribution in [3.8, 4) is 5.75 Å². The van der Waals surface area contributed by atoms with E-state index in [1.807, 2.05) is 0 Å². The van der Waals surface area contributed by atoms with Crippen molar-refractivity contribution in [1.82, 2.24) is 4.98 Å². The molecule has 1 heterocycles. The molecule has 16 heavy (non-hydrogen) atoms. The summed E-state index contributed by atoms with van der Waals surface area (Å²) >= 11 is 0. The first-order valence-electron chi connectivity index (χ1n) is 4.52. The molecule has 0 spiro atoms. The molecule has 2 rings (SSSR count). The van der Waals surface area contributed by atoms with Gasteiger partial charge in [0.25, 0.3) is 0 Å². The lowest BCUT2D eigenvalue weighted by Crippen LogP contribution is -2.05. The third-order valence-corrected chi connectivity index (χ3v) is 2.22. The first-order valence-corrected chi connectivity index (χ1v) is 4.52. The average molecular weight is 227 g/mol. The van der Waals surface area contributed by atoms with Gasteiger partial charge in [-0.1, -0.05) is 0 Å². The first-order chi connectivity index (χ1) is 7.50. The predicted octanol–water partition coefficient (Wildman–Crippen LogP) is 3.26. The van der Waals surface area contributed by atoms with Crippen molar-refractivity contribution >= 4 is 10.9 Å². The molecule has 2 aromatic rings. The van der Waals surface area contributed by atoms with Crippen molar-refractivity contribution in [2.75, 3.05) is 7.11 Å². The second kappa shape index (κ2) is 3.66. The first kappa shape index (κ1) is 10.7. The second-order valence-corrected chi connectivity index (χ2v) is 3.28. The summed E-state index contributed by atoms with van der Waals surface area (Å²) in [5, 5.41) is 0.411. The zero-order valence-corrected chi connectivity index (χ0v) is 8.38. The Bertz CT molecular complexity index is 522. The van der Waals surface area contributed by atoms with E-state index in [4.69, 9.17) is 4.74 Å². The Morgan fingerprint density at radius 3 is 2.56 bits per heavy atom. The number of rotatable bonds is 1. The highest BCUT2D eigenvalue weighted by atomic mass is 19.4. The van der Waals surface area contributed by atoms with Gasteiger partial charge < -0.3 is 4.74 Å². The molecule has 0 unspecified atom stereocenters. The van der Waals surface area contributed by atoms with Crippen LogP contribution in [0.2, 0.25) is 0 Å². The van der Waals surface area contributed by atoms with Gasteiger partial charge in [0.2, 0.25) is 0 Å². The second-order valence-electron chi connectivity index (χ2n) is 3.28. The SMILES string of the molecule is COc1ccc2ncc(C(F)(F)F)cc2c1. The van der Waals surface area contributed by atoms with E-state index < -0.39 is 11.7 Å². The summed E-state index contributed by atoms with van der Waals surface area (Å²) in [5.41, 5.74) is -0.248. The van der Waals surface area contributed by atoms with Gasteiger partial charge in [-0.2, -0.15) is 13.2 Å². The van der Waals surface area contributed by atoms with Crippen molar-refractivity contribution in [1.29, 1.82) is 0 Å². The number of hydrogen-bond acceptors (Lipinski definition) is 2. The van der Waals surface area contributed by atoms with E-state index in [9.17, 15) is 13.2 Å². The van der Waals surface area contributed by atoms with Gasteiger partial charge >= 0.3 is 6.18 Å². The predicted molar refractivity (Wildman–Crippen MR) is 53.3 cm³/mol. The van der Waals surface area contributed by atoms with E-state index in [0.717, 1.165) is 12.3 Å². The third kappa shape index (κ3) is 1.93. The normalized spacial score (nSPS) is 11.8. The lowest BCUT2D eigenvalue weighted by molar-refractivity contribution is -0.137. The van der Waals surface area contributed by atoms with Crippen LogP contribution in [0.4, 0.5) is 13.2 Å². The molecule has 84 valence electrons. The van der Waals surface area contributed by atoms with Crippen LogP contribution >= 0.6 is 0 Å². The number of hydrogen-bond donors (Lipinski definition) is 0. The van der Waals surface area contributed by atoms with Gasteiger partial charge in [-0.25, -0.2) is 0 Å². The molecule has 0 radical (unpaired) electrons. The van der Waals surface area contributed by atoms with Crippen molar-refractivity contribution in [2.24, 2.45) is 0 Å². The quantitative estimate of drug-likeness (QED) is 0.745. The van der Waals surface area contributed by atoms with Gasteiger partial charge in [0.15, 0.2) is 0 Å². The molecule has 0 saturated heterocycles. The maximum absolute atomic E-state index is 12.4. The Morgan fingerprint density at radius 1 is 1.19 bits per heavy atom. The average Bonchev–Trinajstić information content (AvgIpc) is 2.26. The number of alkyl halides is 3.